The Balaban J connectivity index is 1.51. The van der Waals surface area contributed by atoms with Gasteiger partial charge >= 0.3 is 6.01 Å². The number of nitrogens with one attached hydrogen (secondary N) is 3. The normalized spacial score (nSPS) is 21.5. The van der Waals surface area contributed by atoms with E-state index >= 15 is 0 Å². The summed E-state index contributed by atoms with van der Waals surface area (Å²) in [6, 6.07) is 7.29. The number of hydrogen-bond acceptors (Lipinski definition) is 9. The summed E-state index contributed by atoms with van der Waals surface area (Å²) in [7, 11) is 1.57. The van der Waals surface area contributed by atoms with Crippen molar-refractivity contribution in [1.29, 1.82) is 0 Å². The van der Waals surface area contributed by atoms with Gasteiger partial charge in [0.15, 0.2) is 0 Å². The van der Waals surface area contributed by atoms with Crippen LogP contribution in [0.1, 0.15) is 36.2 Å². The first-order chi connectivity index (χ1) is 18.8. The molecule has 0 spiro atoms. The molecule has 2 fully saturated rings. The average molecular weight is 535 g/mol. The lowest BCUT2D eigenvalue weighted by atomic mass is 10.0. The predicted molar refractivity (Wildman–Crippen MR) is 153 cm³/mol. The lowest BCUT2D eigenvalue weighted by Gasteiger charge is -2.38. The molecule has 2 aliphatic rings. The molecule has 39 heavy (non-hydrogen) atoms. The van der Waals surface area contributed by atoms with Gasteiger partial charge in [0.2, 0.25) is 0 Å². The van der Waals surface area contributed by atoms with Gasteiger partial charge < -0.3 is 31.3 Å². The van der Waals surface area contributed by atoms with E-state index in [2.05, 4.69) is 44.7 Å². The molecule has 206 valence electrons. The van der Waals surface area contributed by atoms with E-state index in [1.54, 1.807) is 25.4 Å². The maximum Gasteiger partial charge on any atom is 0.316 e. The molecular formula is C28H35FN8O2. The van der Waals surface area contributed by atoms with E-state index in [0.29, 0.717) is 41.3 Å². The van der Waals surface area contributed by atoms with E-state index in [4.69, 9.17) is 15.5 Å². The SMILES string of the molecule is CN=Cc1cc(NC(=O)c2ccc(N3CC(C)NC(C)C3)c3cnc(OCC4CCNC4)nc23)cc(F)c1N. The van der Waals surface area contributed by atoms with Crippen LogP contribution in [-0.2, 0) is 0 Å². The van der Waals surface area contributed by atoms with Crippen LogP contribution in [0.5, 0.6) is 6.01 Å². The number of fused-ring (bicyclic) bond motifs is 1. The van der Waals surface area contributed by atoms with Gasteiger partial charge in [-0.1, -0.05) is 0 Å². The van der Waals surface area contributed by atoms with Crippen LogP contribution in [0.2, 0.25) is 0 Å². The van der Waals surface area contributed by atoms with Crippen LogP contribution < -0.4 is 31.3 Å². The number of carbonyl (C=O) groups is 1. The summed E-state index contributed by atoms with van der Waals surface area (Å²) in [5, 5.41) is 10.4. The Morgan fingerprint density at radius 2 is 2.10 bits per heavy atom. The smallest absolute Gasteiger partial charge is 0.316 e. The van der Waals surface area contributed by atoms with E-state index in [-0.39, 0.29) is 17.4 Å². The minimum absolute atomic E-state index is 0.0279. The number of carbonyl (C=O) groups excluding carboxylic acids is 1. The molecule has 3 aromatic rings. The van der Waals surface area contributed by atoms with Gasteiger partial charge in [-0.2, -0.15) is 4.98 Å². The molecule has 3 atom stereocenters. The van der Waals surface area contributed by atoms with Crippen molar-refractivity contribution in [2.24, 2.45) is 10.9 Å². The first kappa shape index (κ1) is 26.8. The number of halogens is 1. The molecule has 2 aromatic carbocycles. The highest BCUT2D eigenvalue weighted by molar-refractivity contribution is 6.14. The second-order valence-electron chi connectivity index (χ2n) is 10.4. The van der Waals surface area contributed by atoms with Crippen LogP contribution in [0.15, 0.2) is 35.5 Å². The summed E-state index contributed by atoms with van der Waals surface area (Å²) < 4.78 is 20.4. The number of aromatic nitrogens is 2. The summed E-state index contributed by atoms with van der Waals surface area (Å²) in [6.45, 7) is 8.29. The Morgan fingerprint density at radius 3 is 2.82 bits per heavy atom. The second-order valence-corrected chi connectivity index (χ2v) is 10.4. The van der Waals surface area contributed by atoms with Crippen molar-refractivity contribution in [1.82, 2.24) is 20.6 Å². The van der Waals surface area contributed by atoms with Gasteiger partial charge in [-0.25, -0.2) is 9.37 Å². The van der Waals surface area contributed by atoms with E-state index in [0.717, 1.165) is 43.7 Å². The monoisotopic (exact) mass is 534 g/mol. The number of rotatable bonds is 7. The maximum atomic E-state index is 14.5. The number of piperazine rings is 1. The Kier molecular flexibility index (Phi) is 7.89. The number of amides is 1. The molecule has 11 heteroatoms. The van der Waals surface area contributed by atoms with Crippen molar-refractivity contribution in [3.8, 4) is 6.01 Å². The number of anilines is 3. The van der Waals surface area contributed by atoms with Crippen LogP contribution in [-0.4, -0.2) is 74.0 Å². The van der Waals surface area contributed by atoms with E-state index < -0.39 is 11.7 Å². The summed E-state index contributed by atoms with van der Waals surface area (Å²) >= 11 is 0. The van der Waals surface area contributed by atoms with Crippen molar-refractivity contribution in [2.45, 2.75) is 32.4 Å². The van der Waals surface area contributed by atoms with Crippen molar-refractivity contribution in [3.05, 3.63) is 47.4 Å². The standard InChI is InChI=1S/C28H35FN8O2/c1-16-13-37(14-17(2)34-16)24-5-4-21(27(38)35-20-8-19(11-31-3)25(30)23(29)9-20)26-22(24)12-33-28(36-26)39-15-18-6-7-32-10-18/h4-5,8-9,11-12,16-18,32,34H,6-7,10,13-15,30H2,1-3H3,(H,35,38). The molecule has 0 bridgehead atoms. The summed E-state index contributed by atoms with van der Waals surface area (Å²) in [6.07, 6.45) is 4.21. The fourth-order valence-electron chi connectivity index (χ4n) is 5.35. The highest BCUT2D eigenvalue weighted by Gasteiger charge is 2.25. The van der Waals surface area contributed by atoms with Crippen LogP contribution in [0.25, 0.3) is 10.9 Å². The average Bonchev–Trinajstić information content (AvgIpc) is 3.43. The van der Waals surface area contributed by atoms with Gasteiger partial charge in [-0.3, -0.25) is 9.79 Å². The summed E-state index contributed by atoms with van der Waals surface area (Å²) in [5.74, 6) is -0.672. The number of benzene rings is 2. The molecule has 0 radical (unpaired) electrons. The molecule has 1 amide bonds. The van der Waals surface area contributed by atoms with Gasteiger partial charge in [0.05, 0.1) is 23.4 Å². The first-order valence-corrected chi connectivity index (χ1v) is 13.3. The molecule has 0 aliphatic carbocycles. The first-order valence-electron chi connectivity index (χ1n) is 13.3. The fraction of sp³-hybridized carbons (Fsp3) is 0.429. The molecule has 5 rings (SSSR count). The third kappa shape index (κ3) is 5.94. The third-order valence-corrected chi connectivity index (χ3v) is 7.15. The van der Waals surface area contributed by atoms with Crippen molar-refractivity contribution >= 4 is 40.1 Å². The summed E-state index contributed by atoms with van der Waals surface area (Å²) in [5.41, 5.74) is 8.22. The van der Waals surface area contributed by atoms with Gasteiger partial charge in [0, 0.05) is 79.4 Å². The highest BCUT2D eigenvalue weighted by Crippen LogP contribution is 2.31. The molecular weight excluding hydrogens is 499 g/mol. The maximum absolute atomic E-state index is 14.5. The van der Waals surface area contributed by atoms with Gasteiger partial charge in [0.25, 0.3) is 5.91 Å². The minimum atomic E-state index is -0.635. The highest BCUT2D eigenvalue weighted by atomic mass is 19.1. The van der Waals surface area contributed by atoms with Crippen LogP contribution in [0, 0.1) is 11.7 Å². The molecule has 1 aromatic heterocycles. The topological polar surface area (TPSA) is 130 Å². The Bertz CT molecular complexity index is 1380. The molecule has 3 heterocycles. The van der Waals surface area contributed by atoms with E-state index in [1.165, 1.54) is 12.3 Å². The van der Waals surface area contributed by atoms with Gasteiger partial charge in [0.1, 0.15) is 5.82 Å². The van der Waals surface area contributed by atoms with Crippen molar-refractivity contribution in [2.75, 3.05) is 55.8 Å². The van der Waals surface area contributed by atoms with E-state index in [9.17, 15) is 9.18 Å². The second kappa shape index (κ2) is 11.5. The molecule has 2 saturated heterocycles. The van der Waals surface area contributed by atoms with E-state index in [1.807, 2.05) is 6.07 Å². The molecule has 0 saturated carbocycles. The largest absolute Gasteiger partial charge is 0.463 e. The van der Waals surface area contributed by atoms with Crippen molar-refractivity contribution < 1.29 is 13.9 Å². The van der Waals surface area contributed by atoms with Gasteiger partial charge in [-0.05, 0) is 51.1 Å². The van der Waals surface area contributed by atoms with Gasteiger partial charge in [-0.15, -0.1) is 0 Å². The zero-order valence-electron chi connectivity index (χ0n) is 22.5. The number of aliphatic imine (C=N–C) groups is 1. The Labute approximate surface area is 227 Å². The third-order valence-electron chi connectivity index (χ3n) is 7.15. The number of nitrogens with zero attached hydrogens (tertiary/aromatic N) is 4. The Hall–Kier alpha value is -3.83. The molecule has 10 nitrogen and oxygen atoms in total. The zero-order valence-corrected chi connectivity index (χ0v) is 22.5. The van der Waals surface area contributed by atoms with Crippen LogP contribution in [0.3, 0.4) is 0 Å². The van der Waals surface area contributed by atoms with Crippen LogP contribution >= 0.6 is 0 Å². The zero-order chi connectivity index (χ0) is 27.5. The Morgan fingerprint density at radius 1 is 1.31 bits per heavy atom. The van der Waals surface area contributed by atoms with Crippen LogP contribution in [0.4, 0.5) is 21.5 Å². The number of ether oxygens (including phenoxy) is 1. The number of nitrogens with two attached hydrogens (primary N) is 1. The molecule has 5 N–H and O–H groups in total. The number of hydrogen-bond donors (Lipinski definition) is 4. The fourth-order valence-corrected chi connectivity index (χ4v) is 5.35. The minimum Gasteiger partial charge on any atom is -0.463 e. The van der Waals surface area contributed by atoms with Crippen molar-refractivity contribution in [3.63, 3.8) is 0 Å². The molecule has 2 aliphatic heterocycles. The lowest BCUT2D eigenvalue weighted by Crippen LogP contribution is -2.54. The molecule has 3 unspecified atom stereocenters. The summed E-state index contributed by atoms with van der Waals surface area (Å²) in [4.78, 5) is 28.9. The quantitative estimate of drug-likeness (QED) is 0.269. The predicted octanol–water partition coefficient (Wildman–Crippen LogP) is 2.83. The number of nitrogen functional groups attached to an aromatic ring is 1. The lowest BCUT2D eigenvalue weighted by molar-refractivity contribution is 0.102.